The fraction of sp³-hybridized carbons (Fsp3) is 0.320. The van der Waals surface area contributed by atoms with Gasteiger partial charge in [-0.25, -0.2) is 4.68 Å². The van der Waals surface area contributed by atoms with Crippen molar-refractivity contribution in [3.63, 3.8) is 0 Å². The molecule has 2 aromatic carbocycles. The molecule has 4 rings (SSSR count). The third-order valence-electron chi connectivity index (χ3n) is 6.33. The molecule has 0 saturated carbocycles. The number of benzene rings is 2. The van der Waals surface area contributed by atoms with Gasteiger partial charge in [0, 0.05) is 11.1 Å². The van der Waals surface area contributed by atoms with E-state index >= 15 is 0 Å². The van der Waals surface area contributed by atoms with E-state index in [-0.39, 0.29) is 41.4 Å². The highest BCUT2D eigenvalue weighted by atomic mass is 16.4. The van der Waals surface area contributed by atoms with E-state index in [0.717, 1.165) is 26.4 Å². The van der Waals surface area contributed by atoms with Gasteiger partial charge in [-0.05, 0) is 31.0 Å². The van der Waals surface area contributed by atoms with E-state index < -0.39 is 11.5 Å². The van der Waals surface area contributed by atoms with Gasteiger partial charge in [0.15, 0.2) is 6.54 Å². The maximum atomic E-state index is 12.9. The van der Waals surface area contributed by atoms with Gasteiger partial charge in [-0.3, -0.25) is 14.4 Å². The summed E-state index contributed by atoms with van der Waals surface area (Å²) in [5.41, 5.74) is 1.92. The topological polar surface area (TPSA) is 129 Å². The molecule has 0 bridgehead atoms. The molecular formula is C25H27N5O5. The van der Waals surface area contributed by atoms with Crippen LogP contribution in [0, 0.1) is 13.8 Å². The molecule has 2 heterocycles. The maximum absolute atomic E-state index is 12.9. The summed E-state index contributed by atoms with van der Waals surface area (Å²) in [5, 5.41) is 18.7. The number of aryl methyl sites for hydroxylation is 2. The van der Waals surface area contributed by atoms with Crippen LogP contribution in [0.25, 0.3) is 10.8 Å². The standard InChI is InChI=1S/C25H27N5O5/c1-16-6-5-7-17(2)22(16)26-20(31)14-28-10-12-29(13-11-28)21(32)15-30-24(33)19-9-4-3-8-18(19)23(27-30)25(34)35/h3-9H,10-15H2,1-2H3,(H,26,31)(H,34,35). The zero-order chi connectivity index (χ0) is 25.1. The van der Waals surface area contributed by atoms with Crippen molar-refractivity contribution in [2.24, 2.45) is 0 Å². The third kappa shape index (κ3) is 5.22. The van der Waals surface area contributed by atoms with Crippen LogP contribution in [0.5, 0.6) is 0 Å². The minimum Gasteiger partial charge on any atom is -0.543 e. The lowest BCUT2D eigenvalue weighted by molar-refractivity contribution is -0.895. The number of rotatable bonds is 6. The number of para-hydroxylation sites is 1. The van der Waals surface area contributed by atoms with Crippen LogP contribution in [0.3, 0.4) is 0 Å². The molecule has 10 nitrogen and oxygen atoms in total. The van der Waals surface area contributed by atoms with Crippen LogP contribution in [0.4, 0.5) is 5.69 Å². The Kier molecular flexibility index (Phi) is 6.92. The zero-order valence-electron chi connectivity index (χ0n) is 19.7. The number of fused-ring (bicyclic) bond motifs is 1. The first-order valence-corrected chi connectivity index (χ1v) is 11.4. The van der Waals surface area contributed by atoms with Crippen molar-refractivity contribution in [1.82, 2.24) is 14.7 Å². The molecule has 0 spiro atoms. The Hall–Kier alpha value is -4.05. The van der Waals surface area contributed by atoms with Gasteiger partial charge in [-0.2, -0.15) is 5.10 Å². The molecule has 0 unspecified atom stereocenters. The van der Waals surface area contributed by atoms with Crippen LogP contribution < -0.4 is 20.9 Å². The summed E-state index contributed by atoms with van der Waals surface area (Å²) < 4.78 is 0.882. The molecule has 1 aromatic heterocycles. The average Bonchev–Trinajstić information content (AvgIpc) is 2.83. The number of carbonyl (C=O) groups excluding carboxylic acids is 3. The van der Waals surface area contributed by atoms with Gasteiger partial charge in [0.2, 0.25) is 5.91 Å². The number of hydrogen-bond donors (Lipinski definition) is 2. The third-order valence-corrected chi connectivity index (χ3v) is 6.33. The molecule has 0 atom stereocenters. The largest absolute Gasteiger partial charge is 0.543 e. The van der Waals surface area contributed by atoms with Crippen molar-refractivity contribution < 1.29 is 24.4 Å². The summed E-state index contributed by atoms with van der Waals surface area (Å²) in [6, 6.07) is 12.1. The van der Waals surface area contributed by atoms with Crippen molar-refractivity contribution in [3.05, 3.63) is 69.6 Å². The highest BCUT2D eigenvalue weighted by Gasteiger charge is 2.26. The predicted molar refractivity (Wildman–Crippen MR) is 127 cm³/mol. The Morgan fingerprint density at radius 2 is 1.63 bits per heavy atom. The number of carboxylic acid groups (broad SMARTS) is 1. The van der Waals surface area contributed by atoms with Gasteiger partial charge in [0.05, 0.1) is 37.5 Å². The lowest BCUT2D eigenvalue weighted by atomic mass is 10.1. The Morgan fingerprint density at radius 3 is 2.26 bits per heavy atom. The van der Waals surface area contributed by atoms with Crippen LogP contribution in [-0.2, 0) is 16.1 Å². The molecule has 35 heavy (non-hydrogen) atoms. The molecule has 2 N–H and O–H groups in total. The number of anilines is 1. The molecule has 3 aromatic rings. The molecule has 1 aliphatic rings. The quantitative estimate of drug-likeness (QED) is 0.456. The fourth-order valence-electron chi connectivity index (χ4n) is 4.39. The summed E-state index contributed by atoms with van der Waals surface area (Å²) in [5.74, 6) is -1.93. The predicted octanol–water partition coefficient (Wildman–Crippen LogP) is -1.26. The van der Waals surface area contributed by atoms with E-state index in [1.807, 2.05) is 32.0 Å². The van der Waals surface area contributed by atoms with Crippen LogP contribution in [0.1, 0.15) is 21.6 Å². The second-order valence-corrected chi connectivity index (χ2v) is 8.77. The Balaban J connectivity index is 1.37. The number of amides is 2. The van der Waals surface area contributed by atoms with Crippen molar-refractivity contribution in [2.75, 3.05) is 38.0 Å². The smallest absolute Gasteiger partial charge is 0.279 e. The number of hydrogen-bond acceptors (Lipinski definition) is 6. The van der Waals surface area contributed by atoms with E-state index in [1.165, 1.54) is 12.1 Å². The van der Waals surface area contributed by atoms with Gasteiger partial charge in [-0.15, -0.1) is 0 Å². The van der Waals surface area contributed by atoms with Gasteiger partial charge in [-0.1, -0.05) is 36.4 Å². The number of carbonyl (C=O) groups is 3. The van der Waals surface area contributed by atoms with Crippen molar-refractivity contribution in [2.45, 2.75) is 20.4 Å². The summed E-state index contributed by atoms with van der Waals surface area (Å²) in [4.78, 5) is 52.4. The monoisotopic (exact) mass is 477 g/mol. The van der Waals surface area contributed by atoms with Gasteiger partial charge in [0.1, 0.15) is 12.2 Å². The second kappa shape index (κ2) is 10.1. The van der Waals surface area contributed by atoms with Gasteiger partial charge < -0.3 is 25.0 Å². The zero-order valence-corrected chi connectivity index (χ0v) is 19.7. The number of carboxylic acids is 1. The molecule has 182 valence electrons. The number of quaternary nitrogens is 1. The first-order chi connectivity index (χ1) is 16.7. The SMILES string of the molecule is Cc1cccc(C)c1NC(=O)C[NH+]1CCN(C(=O)Cn2nc(C(=O)[O-])c3ccccc3c2=O)CC1. The van der Waals surface area contributed by atoms with E-state index in [2.05, 4.69) is 10.4 Å². The number of nitrogens with one attached hydrogen (secondary N) is 2. The minimum absolute atomic E-state index is 0.0844. The highest BCUT2D eigenvalue weighted by molar-refractivity contribution is 6.00. The van der Waals surface area contributed by atoms with E-state index in [9.17, 15) is 24.3 Å². The normalized spacial score (nSPS) is 14.2. The van der Waals surface area contributed by atoms with Crippen LogP contribution >= 0.6 is 0 Å². The molecule has 2 amide bonds. The van der Waals surface area contributed by atoms with Crippen molar-refractivity contribution in [1.29, 1.82) is 0 Å². The first-order valence-electron chi connectivity index (χ1n) is 11.4. The highest BCUT2D eigenvalue weighted by Crippen LogP contribution is 2.19. The summed E-state index contributed by atoms with van der Waals surface area (Å²) in [7, 11) is 0. The lowest BCUT2D eigenvalue weighted by Crippen LogP contribution is -3.15. The van der Waals surface area contributed by atoms with Crippen LogP contribution in [-0.4, -0.2) is 65.2 Å². The number of nitrogens with zero attached hydrogens (tertiary/aromatic N) is 3. The van der Waals surface area contributed by atoms with Crippen molar-refractivity contribution in [3.8, 4) is 0 Å². The van der Waals surface area contributed by atoms with E-state index in [1.54, 1.807) is 17.0 Å². The average molecular weight is 478 g/mol. The summed E-state index contributed by atoms with van der Waals surface area (Å²) in [6.45, 7) is 5.81. The molecule has 1 fully saturated rings. The lowest BCUT2D eigenvalue weighted by Gasteiger charge is -2.32. The Labute approximate surface area is 201 Å². The summed E-state index contributed by atoms with van der Waals surface area (Å²) in [6.07, 6.45) is 0. The molecule has 1 aliphatic heterocycles. The molecule has 0 radical (unpaired) electrons. The number of piperazine rings is 1. The van der Waals surface area contributed by atoms with Crippen LogP contribution in [0.15, 0.2) is 47.3 Å². The van der Waals surface area contributed by atoms with Crippen LogP contribution in [0.2, 0.25) is 0 Å². The molecule has 1 saturated heterocycles. The van der Waals surface area contributed by atoms with Gasteiger partial charge >= 0.3 is 0 Å². The molecule has 10 heteroatoms. The molecule has 0 aliphatic carbocycles. The van der Waals surface area contributed by atoms with Gasteiger partial charge in [0.25, 0.3) is 11.5 Å². The van der Waals surface area contributed by atoms with E-state index in [4.69, 9.17) is 0 Å². The Bertz CT molecular complexity index is 1340. The van der Waals surface area contributed by atoms with Crippen molar-refractivity contribution >= 4 is 34.2 Å². The second-order valence-electron chi connectivity index (χ2n) is 8.77. The molecular weight excluding hydrogens is 450 g/mol. The Morgan fingerprint density at radius 1 is 1.00 bits per heavy atom. The number of aromatic nitrogens is 2. The fourth-order valence-corrected chi connectivity index (χ4v) is 4.39. The summed E-state index contributed by atoms with van der Waals surface area (Å²) >= 11 is 0. The minimum atomic E-state index is -1.52. The number of aromatic carboxylic acids is 1. The first kappa shape index (κ1) is 24.1. The van der Waals surface area contributed by atoms with E-state index in [0.29, 0.717) is 26.2 Å². The maximum Gasteiger partial charge on any atom is 0.279 e.